The second kappa shape index (κ2) is 4.85. The maximum Gasteiger partial charge on any atom is 0.192 e. The summed E-state index contributed by atoms with van der Waals surface area (Å²) in [4.78, 5) is 1.63. The minimum atomic E-state index is 0.0726. The summed E-state index contributed by atoms with van der Waals surface area (Å²) in [7, 11) is 0. The van der Waals surface area contributed by atoms with E-state index in [1.54, 1.807) is 11.1 Å². The van der Waals surface area contributed by atoms with Gasteiger partial charge in [-0.25, -0.2) is 0 Å². The highest BCUT2D eigenvalue weighted by Crippen LogP contribution is 1.93. The largest absolute Gasteiger partial charge is 0.370 e. The van der Waals surface area contributed by atoms with E-state index < -0.39 is 0 Å². The quantitative estimate of drug-likeness (QED) is 0.455. The molecule has 0 aromatic carbocycles. The molecular formula is C7H15N3. The second-order valence-corrected chi connectivity index (χ2v) is 2.11. The molecule has 0 aromatic rings. The minimum Gasteiger partial charge on any atom is -0.370 e. The molecule has 0 spiro atoms. The molecule has 0 saturated heterocycles. The Labute approximate surface area is 62.0 Å². The van der Waals surface area contributed by atoms with Crippen molar-refractivity contribution in [2.24, 2.45) is 5.73 Å². The van der Waals surface area contributed by atoms with Gasteiger partial charge in [0.15, 0.2) is 5.96 Å². The molecule has 58 valence electrons. The molecule has 0 heterocycles. The zero-order valence-corrected chi connectivity index (χ0v) is 6.43. The summed E-state index contributed by atoms with van der Waals surface area (Å²) in [5, 5.41) is 7.06. The third-order valence-electron chi connectivity index (χ3n) is 1.28. The van der Waals surface area contributed by atoms with Crippen LogP contribution in [0.4, 0.5) is 0 Å². The van der Waals surface area contributed by atoms with Gasteiger partial charge in [0.25, 0.3) is 0 Å². The molecule has 0 rings (SSSR count). The maximum atomic E-state index is 7.06. The van der Waals surface area contributed by atoms with E-state index in [9.17, 15) is 0 Å². The van der Waals surface area contributed by atoms with E-state index in [-0.39, 0.29) is 5.96 Å². The Hall–Kier alpha value is -0.990. The molecule has 0 aliphatic rings. The number of rotatable bonds is 4. The van der Waals surface area contributed by atoms with Gasteiger partial charge in [-0.3, -0.25) is 5.41 Å². The molecule has 0 aliphatic heterocycles. The van der Waals surface area contributed by atoms with Gasteiger partial charge in [0, 0.05) is 6.54 Å². The van der Waals surface area contributed by atoms with Crippen molar-refractivity contribution in [3.63, 3.8) is 0 Å². The van der Waals surface area contributed by atoms with Gasteiger partial charge in [-0.05, 0) is 12.6 Å². The highest BCUT2D eigenvalue weighted by molar-refractivity contribution is 5.75. The lowest BCUT2D eigenvalue weighted by atomic mass is 10.3. The smallest absolute Gasteiger partial charge is 0.192 e. The Kier molecular flexibility index (Phi) is 4.37. The molecular weight excluding hydrogens is 126 g/mol. The molecule has 0 bridgehead atoms. The third kappa shape index (κ3) is 3.12. The van der Waals surface area contributed by atoms with Gasteiger partial charge in [0.2, 0.25) is 0 Å². The van der Waals surface area contributed by atoms with E-state index in [2.05, 4.69) is 13.5 Å². The maximum absolute atomic E-state index is 7.06. The van der Waals surface area contributed by atoms with Gasteiger partial charge in [-0.2, -0.15) is 0 Å². The highest BCUT2D eigenvalue weighted by Gasteiger charge is 1.98. The molecule has 0 radical (unpaired) electrons. The molecule has 3 heteroatoms. The fourth-order valence-electron chi connectivity index (χ4n) is 0.639. The molecule has 0 fully saturated rings. The fourth-order valence-corrected chi connectivity index (χ4v) is 0.639. The lowest BCUT2D eigenvalue weighted by Gasteiger charge is -2.16. The molecule has 3 nitrogen and oxygen atoms in total. The summed E-state index contributed by atoms with van der Waals surface area (Å²) >= 11 is 0. The number of hydrogen-bond acceptors (Lipinski definition) is 1. The zero-order valence-electron chi connectivity index (χ0n) is 6.43. The molecule has 0 unspecified atom stereocenters. The monoisotopic (exact) mass is 141 g/mol. The lowest BCUT2D eigenvalue weighted by Crippen LogP contribution is -2.32. The molecule has 3 N–H and O–H groups in total. The van der Waals surface area contributed by atoms with Gasteiger partial charge in [0.1, 0.15) is 0 Å². The number of hydrogen-bond donors (Lipinski definition) is 2. The first-order valence-corrected chi connectivity index (χ1v) is 3.45. The van der Waals surface area contributed by atoms with Crippen LogP contribution in [-0.4, -0.2) is 17.4 Å². The highest BCUT2D eigenvalue weighted by atomic mass is 15.2. The summed E-state index contributed by atoms with van der Waals surface area (Å²) in [6, 6.07) is 0. The Bertz CT molecular complexity index is 120. The van der Waals surface area contributed by atoms with Crippen LogP contribution >= 0.6 is 0 Å². The predicted molar refractivity (Wildman–Crippen MR) is 43.7 cm³/mol. The molecule has 10 heavy (non-hydrogen) atoms. The van der Waals surface area contributed by atoms with Crippen LogP contribution in [0.25, 0.3) is 0 Å². The van der Waals surface area contributed by atoms with Crippen molar-refractivity contribution in [1.29, 1.82) is 5.41 Å². The van der Waals surface area contributed by atoms with E-state index in [0.29, 0.717) is 0 Å². The Morgan fingerprint density at radius 3 is 2.70 bits per heavy atom. The fraction of sp³-hybridized carbons (Fsp3) is 0.571. The average molecular weight is 141 g/mol. The van der Waals surface area contributed by atoms with Crippen molar-refractivity contribution in [3.8, 4) is 0 Å². The van der Waals surface area contributed by atoms with Crippen molar-refractivity contribution in [1.82, 2.24) is 4.90 Å². The van der Waals surface area contributed by atoms with Gasteiger partial charge >= 0.3 is 0 Å². The van der Waals surface area contributed by atoms with Crippen LogP contribution in [0.15, 0.2) is 12.8 Å². The van der Waals surface area contributed by atoms with Gasteiger partial charge < -0.3 is 10.6 Å². The Balaban J connectivity index is 3.60. The van der Waals surface area contributed by atoms with Crippen LogP contribution in [0.2, 0.25) is 0 Å². The number of nitrogens with one attached hydrogen (secondary N) is 1. The first-order chi connectivity index (χ1) is 4.72. The number of nitrogens with zero attached hydrogens (tertiary/aromatic N) is 1. The van der Waals surface area contributed by atoms with Crippen molar-refractivity contribution < 1.29 is 0 Å². The summed E-state index contributed by atoms with van der Waals surface area (Å²) < 4.78 is 0. The van der Waals surface area contributed by atoms with E-state index in [4.69, 9.17) is 11.1 Å². The van der Waals surface area contributed by atoms with Crippen molar-refractivity contribution in [2.45, 2.75) is 19.8 Å². The summed E-state index contributed by atoms with van der Waals surface area (Å²) in [5.74, 6) is 0.0726. The zero-order chi connectivity index (χ0) is 7.98. The normalized spacial score (nSPS) is 8.90. The van der Waals surface area contributed by atoms with E-state index >= 15 is 0 Å². The second-order valence-electron chi connectivity index (χ2n) is 2.11. The van der Waals surface area contributed by atoms with Crippen molar-refractivity contribution >= 4 is 5.96 Å². The van der Waals surface area contributed by atoms with Crippen LogP contribution in [0.5, 0.6) is 0 Å². The van der Waals surface area contributed by atoms with Gasteiger partial charge in [0.05, 0.1) is 0 Å². The van der Waals surface area contributed by atoms with Crippen LogP contribution < -0.4 is 5.73 Å². The van der Waals surface area contributed by atoms with Crippen molar-refractivity contribution in [3.05, 3.63) is 12.8 Å². The van der Waals surface area contributed by atoms with Crippen molar-refractivity contribution in [2.75, 3.05) is 6.54 Å². The van der Waals surface area contributed by atoms with Gasteiger partial charge in [-0.15, -0.1) is 0 Å². The molecule has 0 aromatic heterocycles. The van der Waals surface area contributed by atoms with E-state index in [1.807, 2.05) is 0 Å². The van der Waals surface area contributed by atoms with Crippen LogP contribution in [0.1, 0.15) is 19.8 Å². The summed E-state index contributed by atoms with van der Waals surface area (Å²) in [6.45, 7) is 6.44. The number of unbranched alkanes of at least 4 members (excludes halogenated alkanes) is 1. The van der Waals surface area contributed by atoms with Crippen LogP contribution in [0.3, 0.4) is 0 Å². The van der Waals surface area contributed by atoms with Crippen LogP contribution in [0, 0.1) is 5.41 Å². The van der Waals surface area contributed by atoms with E-state index in [1.165, 1.54) is 0 Å². The molecule has 0 aliphatic carbocycles. The first kappa shape index (κ1) is 9.01. The Morgan fingerprint density at radius 2 is 2.40 bits per heavy atom. The van der Waals surface area contributed by atoms with Gasteiger partial charge in [-0.1, -0.05) is 19.9 Å². The Morgan fingerprint density at radius 1 is 1.80 bits per heavy atom. The third-order valence-corrected chi connectivity index (χ3v) is 1.28. The minimum absolute atomic E-state index is 0.0726. The predicted octanol–water partition coefficient (Wildman–Crippen LogP) is 1.13. The molecule has 0 saturated carbocycles. The first-order valence-electron chi connectivity index (χ1n) is 3.45. The SMILES string of the molecule is C=CN(CCCC)C(=N)N. The average Bonchev–Trinajstić information content (AvgIpc) is 1.89. The lowest BCUT2D eigenvalue weighted by molar-refractivity contribution is 0.520. The number of guanidine groups is 1. The van der Waals surface area contributed by atoms with E-state index in [0.717, 1.165) is 19.4 Å². The topological polar surface area (TPSA) is 53.1 Å². The summed E-state index contributed by atoms with van der Waals surface area (Å²) in [6.07, 6.45) is 3.74. The molecule has 0 atom stereocenters. The van der Waals surface area contributed by atoms with Crippen LogP contribution in [-0.2, 0) is 0 Å². The summed E-state index contributed by atoms with van der Waals surface area (Å²) in [5.41, 5.74) is 5.23. The molecule has 0 amide bonds. The number of nitrogens with two attached hydrogens (primary N) is 1. The standard InChI is InChI=1S/C7H15N3/c1-3-5-6-10(4-2)7(8)9/h4H,2-3,5-6H2,1H3,(H3,8,9).